The third-order valence-electron chi connectivity index (χ3n) is 2.67. The molecule has 0 aliphatic carbocycles. The summed E-state index contributed by atoms with van der Waals surface area (Å²) in [6.07, 6.45) is 0.414. The quantitative estimate of drug-likeness (QED) is 0.571. The van der Waals surface area contributed by atoms with Gasteiger partial charge in [0.2, 0.25) is 0 Å². The molecule has 2 N–H and O–H groups in total. The lowest BCUT2D eigenvalue weighted by Gasteiger charge is -2.41. The van der Waals surface area contributed by atoms with Gasteiger partial charge in [0.15, 0.2) is 0 Å². The molecule has 3 heteroatoms. The zero-order valence-electron chi connectivity index (χ0n) is 7.42. The first-order chi connectivity index (χ1) is 5.10. The van der Waals surface area contributed by atoms with E-state index in [-0.39, 0.29) is 11.6 Å². The van der Waals surface area contributed by atoms with Crippen molar-refractivity contribution >= 4 is 0 Å². The lowest BCUT2D eigenvalue weighted by Crippen LogP contribution is -2.58. The van der Waals surface area contributed by atoms with Gasteiger partial charge in [-0.05, 0) is 27.3 Å². The Balaban J connectivity index is 2.64. The van der Waals surface area contributed by atoms with Gasteiger partial charge in [-0.15, -0.1) is 0 Å². The van der Waals surface area contributed by atoms with Crippen LogP contribution < -0.4 is 5.32 Å². The molecule has 1 saturated heterocycles. The lowest BCUT2D eigenvalue weighted by molar-refractivity contribution is -0.110. The van der Waals surface area contributed by atoms with Crippen molar-refractivity contribution in [2.45, 2.75) is 38.0 Å². The first-order valence-electron chi connectivity index (χ1n) is 4.09. The predicted molar refractivity (Wildman–Crippen MR) is 43.5 cm³/mol. The van der Waals surface area contributed by atoms with Crippen LogP contribution in [-0.4, -0.2) is 36.5 Å². The summed E-state index contributed by atoms with van der Waals surface area (Å²) in [6, 6.07) is 0. The third-order valence-corrected chi connectivity index (χ3v) is 2.67. The molecule has 3 atom stereocenters. The summed E-state index contributed by atoms with van der Waals surface area (Å²) >= 11 is 0. The van der Waals surface area contributed by atoms with E-state index in [1.165, 1.54) is 0 Å². The molecular weight excluding hydrogens is 142 g/mol. The van der Waals surface area contributed by atoms with Crippen LogP contribution in [0.3, 0.4) is 0 Å². The topological polar surface area (TPSA) is 41.5 Å². The molecule has 3 nitrogen and oxygen atoms in total. The minimum Gasteiger partial charge on any atom is -0.389 e. The molecule has 0 aromatic carbocycles. The zero-order valence-corrected chi connectivity index (χ0v) is 7.42. The van der Waals surface area contributed by atoms with Gasteiger partial charge >= 0.3 is 0 Å². The number of nitrogens with one attached hydrogen (secondary N) is 1. The molecule has 0 radical (unpaired) electrons. The van der Waals surface area contributed by atoms with Crippen LogP contribution in [0.5, 0.6) is 0 Å². The van der Waals surface area contributed by atoms with Crippen LogP contribution in [0.2, 0.25) is 0 Å². The van der Waals surface area contributed by atoms with E-state index in [4.69, 9.17) is 4.74 Å². The molecule has 0 bridgehead atoms. The van der Waals surface area contributed by atoms with E-state index in [0.29, 0.717) is 0 Å². The second kappa shape index (κ2) is 3.09. The lowest BCUT2D eigenvalue weighted by atomic mass is 9.86. The summed E-state index contributed by atoms with van der Waals surface area (Å²) in [7, 11) is 1.88. The van der Waals surface area contributed by atoms with Gasteiger partial charge in [-0.2, -0.15) is 0 Å². The molecule has 0 aromatic rings. The number of ether oxygens (including phenoxy) is 1. The number of aliphatic hydroxyl groups is 1. The van der Waals surface area contributed by atoms with E-state index in [1.807, 2.05) is 20.9 Å². The van der Waals surface area contributed by atoms with Gasteiger partial charge in [0.1, 0.15) is 0 Å². The summed E-state index contributed by atoms with van der Waals surface area (Å²) in [6.45, 7) is 4.66. The average Bonchev–Trinajstić information content (AvgIpc) is 2.00. The Hall–Kier alpha value is -0.120. The van der Waals surface area contributed by atoms with Crippen molar-refractivity contribution in [3.63, 3.8) is 0 Å². The Labute approximate surface area is 67.7 Å². The van der Waals surface area contributed by atoms with Crippen LogP contribution in [0.15, 0.2) is 0 Å². The second-order valence-corrected chi connectivity index (χ2v) is 3.44. The van der Waals surface area contributed by atoms with Crippen molar-refractivity contribution in [3.8, 4) is 0 Å². The molecule has 0 unspecified atom stereocenters. The molecule has 1 rings (SSSR count). The van der Waals surface area contributed by atoms with Crippen molar-refractivity contribution in [2.24, 2.45) is 0 Å². The van der Waals surface area contributed by atoms with E-state index >= 15 is 0 Å². The van der Waals surface area contributed by atoms with Crippen molar-refractivity contribution in [1.29, 1.82) is 0 Å². The summed E-state index contributed by atoms with van der Waals surface area (Å²) in [5, 5.41) is 12.8. The van der Waals surface area contributed by atoms with Gasteiger partial charge in [-0.25, -0.2) is 0 Å². The molecule has 0 saturated carbocycles. The van der Waals surface area contributed by atoms with E-state index in [2.05, 4.69) is 5.32 Å². The smallest absolute Gasteiger partial charge is 0.0978 e. The Kier molecular flexibility index (Phi) is 2.52. The molecule has 1 aliphatic heterocycles. The highest BCUT2D eigenvalue weighted by atomic mass is 16.5. The van der Waals surface area contributed by atoms with E-state index in [9.17, 15) is 5.11 Å². The number of aliphatic hydroxyl groups excluding tert-OH is 1. The molecular formula is C8H17NO2. The van der Waals surface area contributed by atoms with Gasteiger partial charge in [-0.1, -0.05) is 0 Å². The molecule has 0 spiro atoms. The van der Waals surface area contributed by atoms with Gasteiger partial charge in [0.25, 0.3) is 0 Å². The maximum absolute atomic E-state index is 9.71. The first-order valence-corrected chi connectivity index (χ1v) is 4.09. The third kappa shape index (κ3) is 1.55. The maximum atomic E-state index is 9.71. The van der Waals surface area contributed by atoms with Gasteiger partial charge in [0.05, 0.1) is 12.2 Å². The molecule has 0 aromatic heterocycles. The summed E-state index contributed by atoms with van der Waals surface area (Å²) in [4.78, 5) is 0. The SMILES string of the molecule is CN[C@@]1(C)CCO[C@@H](C)[C@H]1O. The van der Waals surface area contributed by atoms with Crippen LogP contribution in [0, 0.1) is 0 Å². The fourth-order valence-electron chi connectivity index (χ4n) is 1.49. The fourth-order valence-corrected chi connectivity index (χ4v) is 1.49. The number of likely N-dealkylation sites (N-methyl/N-ethyl adjacent to an activating group) is 1. The largest absolute Gasteiger partial charge is 0.389 e. The van der Waals surface area contributed by atoms with Crippen molar-refractivity contribution in [1.82, 2.24) is 5.32 Å². The highest BCUT2D eigenvalue weighted by molar-refractivity contribution is 4.95. The van der Waals surface area contributed by atoms with Crippen molar-refractivity contribution in [3.05, 3.63) is 0 Å². The molecule has 1 fully saturated rings. The highest BCUT2D eigenvalue weighted by Gasteiger charge is 2.38. The van der Waals surface area contributed by atoms with Crippen LogP contribution >= 0.6 is 0 Å². The van der Waals surface area contributed by atoms with Crippen LogP contribution in [0.4, 0.5) is 0 Å². The van der Waals surface area contributed by atoms with Gasteiger partial charge in [-0.3, -0.25) is 0 Å². The normalized spacial score (nSPS) is 45.8. The Morgan fingerprint density at radius 2 is 2.27 bits per heavy atom. The zero-order chi connectivity index (χ0) is 8.48. The Morgan fingerprint density at radius 1 is 1.64 bits per heavy atom. The van der Waals surface area contributed by atoms with Gasteiger partial charge in [0, 0.05) is 12.1 Å². The number of hydrogen-bond acceptors (Lipinski definition) is 3. The monoisotopic (exact) mass is 159 g/mol. The predicted octanol–water partition coefficient (Wildman–Crippen LogP) is 0.134. The van der Waals surface area contributed by atoms with Gasteiger partial charge < -0.3 is 15.2 Å². The summed E-state index contributed by atoms with van der Waals surface area (Å²) < 4.78 is 5.30. The molecule has 1 heterocycles. The average molecular weight is 159 g/mol. The van der Waals surface area contributed by atoms with E-state index < -0.39 is 6.10 Å². The summed E-state index contributed by atoms with van der Waals surface area (Å²) in [5.74, 6) is 0. The minimum absolute atomic E-state index is 0.0544. The molecule has 66 valence electrons. The number of rotatable bonds is 1. The highest BCUT2D eigenvalue weighted by Crippen LogP contribution is 2.24. The minimum atomic E-state index is -0.402. The standard InChI is InChI=1S/C8H17NO2/c1-6-7(10)8(2,9-3)4-5-11-6/h6-7,9-10H,4-5H2,1-3H3/t6-,7+,8-/m0/s1. The molecule has 11 heavy (non-hydrogen) atoms. The van der Waals surface area contributed by atoms with E-state index in [1.54, 1.807) is 0 Å². The summed E-state index contributed by atoms with van der Waals surface area (Å²) in [5.41, 5.74) is -0.169. The first kappa shape index (κ1) is 8.97. The van der Waals surface area contributed by atoms with Crippen LogP contribution in [-0.2, 0) is 4.74 Å². The Bertz CT molecular complexity index is 140. The van der Waals surface area contributed by atoms with Crippen LogP contribution in [0.25, 0.3) is 0 Å². The van der Waals surface area contributed by atoms with Crippen molar-refractivity contribution in [2.75, 3.05) is 13.7 Å². The van der Waals surface area contributed by atoms with Crippen molar-refractivity contribution < 1.29 is 9.84 Å². The molecule has 1 aliphatic rings. The van der Waals surface area contributed by atoms with E-state index in [0.717, 1.165) is 13.0 Å². The second-order valence-electron chi connectivity index (χ2n) is 3.44. The van der Waals surface area contributed by atoms with Crippen LogP contribution in [0.1, 0.15) is 20.3 Å². The maximum Gasteiger partial charge on any atom is 0.0978 e. The molecule has 0 amide bonds. The Morgan fingerprint density at radius 3 is 2.73 bits per heavy atom. The fraction of sp³-hybridized carbons (Fsp3) is 1.00. The number of hydrogen-bond donors (Lipinski definition) is 2.